The number of rotatable bonds is 2. The van der Waals surface area contributed by atoms with Crippen LogP contribution in [0.5, 0.6) is 0 Å². The first kappa shape index (κ1) is 10.6. The quantitative estimate of drug-likeness (QED) is 0.404. The SMILES string of the molecule is CS(Sc1ccc(N)cc1)=C(O)O. The summed E-state index contributed by atoms with van der Waals surface area (Å²) in [4.78, 5) is 0.973. The first-order chi connectivity index (χ1) is 6.09. The van der Waals surface area contributed by atoms with Gasteiger partial charge in [-0.05, 0) is 30.5 Å². The van der Waals surface area contributed by atoms with E-state index in [1.807, 2.05) is 12.1 Å². The smallest absolute Gasteiger partial charge is 0.215 e. The zero-order valence-corrected chi connectivity index (χ0v) is 8.73. The Hall–Kier alpha value is -0.490. The fourth-order valence-corrected chi connectivity index (χ4v) is 2.74. The lowest BCUT2D eigenvalue weighted by Gasteiger charge is -2.02. The molecule has 0 bridgehead atoms. The summed E-state index contributed by atoms with van der Waals surface area (Å²) < 4.78 is 0. The molecule has 72 valence electrons. The van der Waals surface area contributed by atoms with Crippen molar-refractivity contribution in [3.8, 4) is 0 Å². The normalized spacial score (nSPS) is 12.5. The van der Waals surface area contributed by atoms with Crippen LogP contribution in [0.3, 0.4) is 0 Å². The Bertz CT molecular complexity index is 317. The fourth-order valence-electron chi connectivity index (χ4n) is 0.705. The lowest BCUT2D eigenvalue weighted by Crippen LogP contribution is -1.89. The minimum absolute atomic E-state index is 0.526. The Labute approximate surface area is 82.9 Å². The summed E-state index contributed by atoms with van der Waals surface area (Å²) in [5.41, 5.74) is 6.21. The Morgan fingerprint density at radius 2 is 1.85 bits per heavy atom. The molecule has 0 amide bonds. The van der Waals surface area contributed by atoms with Crippen LogP contribution in [-0.2, 0) is 0 Å². The zero-order chi connectivity index (χ0) is 9.84. The number of benzene rings is 1. The molecule has 0 fully saturated rings. The maximum absolute atomic E-state index is 8.78. The molecule has 3 nitrogen and oxygen atoms in total. The summed E-state index contributed by atoms with van der Waals surface area (Å²) >= 11 is 0. The lowest BCUT2D eigenvalue weighted by atomic mass is 10.3. The highest BCUT2D eigenvalue weighted by atomic mass is 33.1. The third kappa shape index (κ3) is 3.40. The number of hydrogen-bond donors (Lipinski definition) is 3. The Morgan fingerprint density at radius 1 is 1.31 bits per heavy atom. The molecule has 0 saturated heterocycles. The maximum atomic E-state index is 8.78. The van der Waals surface area contributed by atoms with Gasteiger partial charge in [-0.2, -0.15) is 0 Å². The minimum atomic E-state index is -0.576. The van der Waals surface area contributed by atoms with E-state index in [-0.39, 0.29) is 0 Å². The lowest BCUT2D eigenvalue weighted by molar-refractivity contribution is 0.385. The van der Waals surface area contributed by atoms with Crippen LogP contribution < -0.4 is 5.73 Å². The van der Waals surface area contributed by atoms with Gasteiger partial charge >= 0.3 is 0 Å². The van der Waals surface area contributed by atoms with Crippen LogP contribution in [-0.4, -0.2) is 21.7 Å². The highest BCUT2D eigenvalue weighted by Crippen LogP contribution is 2.35. The highest BCUT2D eigenvalue weighted by Gasteiger charge is 1.97. The van der Waals surface area contributed by atoms with Crippen molar-refractivity contribution in [3.63, 3.8) is 0 Å². The summed E-state index contributed by atoms with van der Waals surface area (Å²) in [7, 11) is 0.820. The summed E-state index contributed by atoms with van der Waals surface area (Å²) in [6, 6.07) is 7.28. The predicted octanol–water partition coefficient (Wildman–Crippen LogP) is 2.38. The molecule has 0 aliphatic carbocycles. The number of aliphatic hydroxyl groups excluding tert-OH is 1. The Morgan fingerprint density at radius 3 is 2.31 bits per heavy atom. The Balaban J connectivity index is 2.76. The van der Waals surface area contributed by atoms with Crippen molar-refractivity contribution in [1.29, 1.82) is 0 Å². The van der Waals surface area contributed by atoms with E-state index in [1.54, 1.807) is 18.4 Å². The van der Waals surface area contributed by atoms with Gasteiger partial charge in [-0.15, -0.1) is 0 Å². The van der Waals surface area contributed by atoms with Crippen molar-refractivity contribution in [2.45, 2.75) is 4.90 Å². The van der Waals surface area contributed by atoms with Crippen LogP contribution in [0.25, 0.3) is 0 Å². The first-order valence-electron chi connectivity index (χ1n) is 3.54. The van der Waals surface area contributed by atoms with Crippen molar-refractivity contribution in [2.24, 2.45) is 0 Å². The second kappa shape index (κ2) is 4.66. The molecule has 4 N–H and O–H groups in total. The van der Waals surface area contributed by atoms with E-state index in [2.05, 4.69) is 0 Å². The van der Waals surface area contributed by atoms with Crippen molar-refractivity contribution in [2.75, 3.05) is 12.0 Å². The van der Waals surface area contributed by atoms with Crippen LogP contribution in [0.15, 0.2) is 29.2 Å². The number of nitrogen functional groups attached to an aromatic ring is 1. The summed E-state index contributed by atoms with van der Waals surface area (Å²) in [6.07, 6.45) is 1.75. The number of hydrogen-bond acceptors (Lipinski definition) is 2. The summed E-state index contributed by atoms with van der Waals surface area (Å²) in [5.74, 6) is 0. The molecule has 1 rings (SSSR count). The van der Waals surface area contributed by atoms with E-state index in [1.165, 1.54) is 10.8 Å². The van der Waals surface area contributed by atoms with E-state index in [9.17, 15) is 0 Å². The summed E-state index contributed by atoms with van der Waals surface area (Å²) in [6.45, 7) is 0. The maximum Gasteiger partial charge on any atom is 0.215 e. The molecule has 0 aliphatic heterocycles. The van der Waals surface area contributed by atoms with E-state index in [0.717, 1.165) is 4.90 Å². The van der Waals surface area contributed by atoms with Crippen LogP contribution in [0, 0.1) is 0 Å². The van der Waals surface area contributed by atoms with Crippen molar-refractivity contribution in [1.82, 2.24) is 0 Å². The molecule has 5 heteroatoms. The van der Waals surface area contributed by atoms with E-state index in [4.69, 9.17) is 15.9 Å². The average Bonchev–Trinajstić information content (AvgIpc) is 2.08. The zero-order valence-electron chi connectivity index (χ0n) is 7.10. The number of anilines is 1. The molecule has 1 unspecified atom stereocenters. The van der Waals surface area contributed by atoms with Crippen molar-refractivity contribution >= 4 is 31.2 Å². The third-order valence-electron chi connectivity index (χ3n) is 1.36. The standard InChI is InChI=1S/C8H11NO2S2/c1-13(8(10)11)12-7-4-2-6(9)3-5-7/h2-5,10-11H,9H2,1H3. The van der Waals surface area contributed by atoms with Crippen LogP contribution >= 0.6 is 20.3 Å². The largest absolute Gasteiger partial charge is 0.399 e. The van der Waals surface area contributed by atoms with Crippen LogP contribution in [0.4, 0.5) is 5.69 Å². The number of nitrogens with two attached hydrogens (primary N) is 1. The van der Waals surface area contributed by atoms with Gasteiger partial charge in [-0.25, -0.2) is 0 Å². The molecule has 1 atom stereocenters. The van der Waals surface area contributed by atoms with Crippen LogP contribution in [0.1, 0.15) is 0 Å². The van der Waals surface area contributed by atoms with E-state index >= 15 is 0 Å². The predicted molar refractivity (Wildman–Crippen MR) is 60.5 cm³/mol. The molecular weight excluding hydrogens is 206 g/mol. The van der Waals surface area contributed by atoms with Gasteiger partial charge in [0.15, 0.2) is 0 Å². The van der Waals surface area contributed by atoms with Crippen LogP contribution in [0.2, 0.25) is 0 Å². The Kier molecular flexibility index (Phi) is 3.80. The monoisotopic (exact) mass is 217 g/mol. The molecule has 0 heterocycles. The third-order valence-corrected chi connectivity index (χ3v) is 4.36. The van der Waals surface area contributed by atoms with Gasteiger partial charge in [0.1, 0.15) is 0 Å². The van der Waals surface area contributed by atoms with Gasteiger partial charge < -0.3 is 15.9 Å². The van der Waals surface area contributed by atoms with Crippen molar-refractivity contribution < 1.29 is 10.2 Å². The van der Waals surface area contributed by atoms with Gasteiger partial charge in [-0.3, -0.25) is 0 Å². The van der Waals surface area contributed by atoms with Gasteiger partial charge in [0.2, 0.25) is 5.24 Å². The van der Waals surface area contributed by atoms with Crippen molar-refractivity contribution in [3.05, 3.63) is 24.3 Å². The fraction of sp³-hybridized carbons (Fsp3) is 0.125. The molecule has 13 heavy (non-hydrogen) atoms. The first-order valence-corrected chi connectivity index (χ1v) is 6.51. The van der Waals surface area contributed by atoms with Gasteiger partial charge in [-0.1, -0.05) is 20.3 Å². The molecule has 1 aromatic carbocycles. The second-order valence-corrected chi connectivity index (χ2v) is 6.30. The second-order valence-electron chi connectivity index (χ2n) is 2.39. The topological polar surface area (TPSA) is 66.5 Å². The molecule has 0 radical (unpaired) electrons. The summed E-state index contributed by atoms with van der Waals surface area (Å²) in [5, 5.41) is 17.0. The molecule has 0 saturated carbocycles. The highest BCUT2D eigenvalue weighted by molar-refractivity contribution is 8.83. The van der Waals surface area contributed by atoms with Gasteiger partial charge in [0.25, 0.3) is 0 Å². The molecule has 0 aliphatic rings. The van der Waals surface area contributed by atoms with Gasteiger partial charge in [0.05, 0.1) is 0 Å². The molecule has 0 aromatic heterocycles. The average molecular weight is 217 g/mol. The molecule has 1 aromatic rings. The number of aliphatic hydroxyl groups is 2. The van der Waals surface area contributed by atoms with Gasteiger partial charge in [0, 0.05) is 10.6 Å². The molecular formula is C8H11NO2S2. The van der Waals surface area contributed by atoms with E-state index in [0.29, 0.717) is 5.69 Å². The minimum Gasteiger partial charge on any atom is -0.399 e. The molecule has 0 spiro atoms. The van der Waals surface area contributed by atoms with E-state index < -0.39 is 14.8 Å².